The highest BCUT2D eigenvalue weighted by Crippen LogP contribution is 2.26. The summed E-state index contributed by atoms with van der Waals surface area (Å²) in [4.78, 5) is 13.7. The van der Waals surface area contributed by atoms with Gasteiger partial charge in [-0.25, -0.2) is 8.42 Å². The van der Waals surface area contributed by atoms with Gasteiger partial charge in [-0.3, -0.25) is 4.79 Å². The number of ether oxygens (including phenoxy) is 1. The van der Waals surface area contributed by atoms with E-state index >= 15 is 0 Å². The van der Waals surface area contributed by atoms with Crippen LogP contribution >= 0.6 is 0 Å². The van der Waals surface area contributed by atoms with Gasteiger partial charge in [0.25, 0.3) is 0 Å². The maximum atomic E-state index is 12.8. The van der Waals surface area contributed by atoms with Gasteiger partial charge in [0.05, 0.1) is 17.6 Å². The zero-order chi connectivity index (χ0) is 16.6. The van der Waals surface area contributed by atoms with Crippen LogP contribution in [0.25, 0.3) is 0 Å². The number of anilines is 1. The van der Waals surface area contributed by atoms with Crippen molar-refractivity contribution in [3.8, 4) is 0 Å². The predicted octanol–water partition coefficient (Wildman–Crippen LogP) is 1.61. The van der Waals surface area contributed by atoms with Crippen LogP contribution in [-0.2, 0) is 19.6 Å². The first-order valence-corrected chi connectivity index (χ1v) is 9.37. The van der Waals surface area contributed by atoms with Crippen LogP contribution in [0.1, 0.15) is 26.7 Å². The molecule has 2 atom stereocenters. The van der Waals surface area contributed by atoms with E-state index in [0.29, 0.717) is 26.1 Å². The molecule has 0 bridgehead atoms. The minimum Gasteiger partial charge on any atom is -0.375 e. The molecule has 6 nitrogen and oxygen atoms in total. The van der Waals surface area contributed by atoms with E-state index in [4.69, 9.17) is 4.74 Å². The first-order valence-electron chi connectivity index (χ1n) is 7.93. The molecule has 0 spiro atoms. The average molecular weight is 338 g/mol. The standard InChI is InChI=1S/C16H22N2O4S/c1-12-11-22-13(2)10-18(12)23(20,21)15-7-5-14(6-8-15)17-9-3-4-16(17)19/h5-8,12-13H,3-4,9-11H2,1-2H3/t12-,13+/m0/s1. The number of carbonyl (C=O) groups is 1. The third kappa shape index (κ3) is 3.13. The molecule has 2 saturated heterocycles. The van der Waals surface area contributed by atoms with E-state index in [2.05, 4.69) is 0 Å². The lowest BCUT2D eigenvalue weighted by molar-refractivity contribution is -0.117. The van der Waals surface area contributed by atoms with Crippen molar-refractivity contribution in [3.05, 3.63) is 24.3 Å². The summed E-state index contributed by atoms with van der Waals surface area (Å²) in [6.45, 7) is 5.18. The lowest BCUT2D eigenvalue weighted by atomic mass is 10.2. The van der Waals surface area contributed by atoms with E-state index in [1.807, 2.05) is 13.8 Å². The molecule has 1 amide bonds. The van der Waals surface area contributed by atoms with E-state index < -0.39 is 10.0 Å². The van der Waals surface area contributed by atoms with Gasteiger partial charge in [0.2, 0.25) is 15.9 Å². The van der Waals surface area contributed by atoms with Crippen LogP contribution in [0.15, 0.2) is 29.2 Å². The number of hydrogen-bond acceptors (Lipinski definition) is 4. The Kier molecular flexibility index (Phi) is 4.44. The first kappa shape index (κ1) is 16.4. The molecule has 0 aromatic heterocycles. The van der Waals surface area contributed by atoms with Gasteiger partial charge >= 0.3 is 0 Å². The molecule has 2 aliphatic heterocycles. The zero-order valence-corrected chi connectivity index (χ0v) is 14.3. The summed E-state index contributed by atoms with van der Waals surface area (Å²) in [5, 5.41) is 0. The fourth-order valence-corrected chi connectivity index (χ4v) is 4.75. The largest absolute Gasteiger partial charge is 0.375 e. The highest BCUT2D eigenvalue weighted by Gasteiger charge is 2.34. The van der Waals surface area contributed by atoms with Crippen LogP contribution in [0.4, 0.5) is 5.69 Å². The lowest BCUT2D eigenvalue weighted by Gasteiger charge is -2.35. The number of amides is 1. The fraction of sp³-hybridized carbons (Fsp3) is 0.562. The van der Waals surface area contributed by atoms with Crippen molar-refractivity contribution >= 4 is 21.6 Å². The van der Waals surface area contributed by atoms with Gasteiger partial charge in [0.1, 0.15) is 0 Å². The summed E-state index contributed by atoms with van der Waals surface area (Å²) in [5.74, 6) is 0.0937. The molecule has 23 heavy (non-hydrogen) atoms. The van der Waals surface area contributed by atoms with Crippen LogP contribution < -0.4 is 4.90 Å². The van der Waals surface area contributed by atoms with Crippen LogP contribution in [0.5, 0.6) is 0 Å². The highest BCUT2D eigenvalue weighted by atomic mass is 32.2. The Morgan fingerprint density at radius 2 is 1.87 bits per heavy atom. The van der Waals surface area contributed by atoms with Crippen molar-refractivity contribution in [3.63, 3.8) is 0 Å². The monoisotopic (exact) mass is 338 g/mol. The molecule has 0 radical (unpaired) electrons. The van der Waals surface area contributed by atoms with Crippen molar-refractivity contribution in [2.45, 2.75) is 43.7 Å². The van der Waals surface area contributed by atoms with Crippen LogP contribution in [0.2, 0.25) is 0 Å². The van der Waals surface area contributed by atoms with Crippen molar-refractivity contribution in [2.24, 2.45) is 0 Å². The van der Waals surface area contributed by atoms with Crippen molar-refractivity contribution in [1.82, 2.24) is 4.31 Å². The molecule has 1 aromatic rings. The van der Waals surface area contributed by atoms with Crippen LogP contribution in [0.3, 0.4) is 0 Å². The van der Waals surface area contributed by atoms with Gasteiger partial charge in [-0.05, 0) is 44.5 Å². The number of carbonyl (C=O) groups excluding carboxylic acids is 1. The molecule has 2 heterocycles. The van der Waals surface area contributed by atoms with Crippen LogP contribution in [-0.4, -0.2) is 50.5 Å². The summed E-state index contributed by atoms with van der Waals surface area (Å²) >= 11 is 0. The molecular formula is C16H22N2O4S. The van der Waals surface area contributed by atoms with E-state index in [9.17, 15) is 13.2 Å². The number of nitrogens with zero attached hydrogens (tertiary/aromatic N) is 2. The zero-order valence-electron chi connectivity index (χ0n) is 13.4. The average Bonchev–Trinajstić information content (AvgIpc) is 2.96. The molecule has 2 aliphatic rings. The van der Waals surface area contributed by atoms with Crippen LogP contribution in [0, 0.1) is 0 Å². The Morgan fingerprint density at radius 3 is 2.48 bits per heavy atom. The summed E-state index contributed by atoms with van der Waals surface area (Å²) < 4.78 is 32.7. The summed E-state index contributed by atoms with van der Waals surface area (Å²) in [5.41, 5.74) is 0.759. The van der Waals surface area contributed by atoms with E-state index in [1.165, 1.54) is 4.31 Å². The Labute approximate surface area is 137 Å². The SMILES string of the molecule is C[C@@H]1CN(S(=O)(=O)c2ccc(N3CCCC3=O)cc2)[C@@H](C)CO1. The summed E-state index contributed by atoms with van der Waals surface area (Å²) in [6, 6.07) is 6.41. The highest BCUT2D eigenvalue weighted by molar-refractivity contribution is 7.89. The number of hydrogen-bond donors (Lipinski definition) is 0. The van der Waals surface area contributed by atoms with Gasteiger partial charge in [-0.2, -0.15) is 4.31 Å². The van der Waals surface area contributed by atoms with E-state index in [-0.39, 0.29) is 22.9 Å². The number of benzene rings is 1. The predicted molar refractivity (Wildman–Crippen MR) is 86.8 cm³/mol. The Balaban J connectivity index is 1.84. The molecular weight excluding hydrogens is 316 g/mol. The smallest absolute Gasteiger partial charge is 0.243 e. The number of rotatable bonds is 3. The molecule has 2 fully saturated rings. The minimum atomic E-state index is -3.55. The maximum Gasteiger partial charge on any atom is 0.243 e. The molecule has 3 rings (SSSR count). The van der Waals surface area contributed by atoms with Crippen molar-refractivity contribution in [1.29, 1.82) is 0 Å². The first-order chi connectivity index (χ1) is 10.9. The van der Waals surface area contributed by atoms with Crippen molar-refractivity contribution < 1.29 is 17.9 Å². The normalized spacial score (nSPS) is 26.7. The van der Waals surface area contributed by atoms with E-state index in [0.717, 1.165) is 12.1 Å². The molecule has 1 aromatic carbocycles. The Bertz CT molecular complexity index is 687. The second-order valence-electron chi connectivity index (χ2n) is 6.21. The second kappa shape index (κ2) is 6.22. The molecule has 126 valence electrons. The quantitative estimate of drug-likeness (QED) is 0.840. The van der Waals surface area contributed by atoms with Gasteiger partial charge < -0.3 is 9.64 Å². The Hall–Kier alpha value is -1.44. The van der Waals surface area contributed by atoms with Gasteiger partial charge in [-0.15, -0.1) is 0 Å². The molecule has 7 heteroatoms. The summed E-state index contributed by atoms with van der Waals surface area (Å²) in [6.07, 6.45) is 1.30. The molecule has 0 aliphatic carbocycles. The van der Waals surface area contributed by atoms with Gasteiger partial charge in [-0.1, -0.05) is 0 Å². The third-order valence-corrected chi connectivity index (χ3v) is 6.37. The topological polar surface area (TPSA) is 66.9 Å². The third-order valence-electron chi connectivity index (χ3n) is 4.38. The second-order valence-corrected chi connectivity index (χ2v) is 8.10. The lowest BCUT2D eigenvalue weighted by Crippen LogP contribution is -2.50. The van der Waals surface area contributed by atoms with Gasteiger partial charge in [0.15, 0.2) is 0 Å². The van der Waals surface area contributed by atoms with Crippen molar-refractivity contribution in [2.75, 3.05) is 24.6 Å². The Morgan fingerprint density at radius 1 is 1.17 bits per heavy atom. The van der Waals surface area contributed by atoms with E-state index in [1.54, 1.807) is 29.2 Å². The molecule has 0 saturated carbocycles. The fourth-order valence-electron chi connectivity index (χ4n) is 3.06. The molecule has 0 N–H and O–H groups in total. The molecule has 0 unspecified atom stereocenters. The number of sulfonamides is 1. The maximum absolute atomic E-state index is 12.8. The number of morpholine rings is 1. The van der Waals surface area contributed by atoms with Gasteiger partial charge in [0, 0.05) is 31.2 Å². The minimum absolute atomic E-state index is 0.0937. The summed E-state index contributed by atoms with van der Waals surface area (Å²) in [7, 11) is -3.55.